The monoisotopic (exact) mass is 354 g/mol. The van der Waals surface area contributed by atoms with Crippen LogP contribution in [0, 0.1) is 23.0 Å². The number of nitrogens with zero attached hydrogens (tertiary/aromatic N) is 2. The summed E-state index contributed by atoms with van der Waals surface area (Å²) in [7, 11) is 0. The molecule has 1 atom stereocenters. The summed E-state index contributed by atoms with van der Waals surface area (Å²) in [6.07, 6.45) is 0.874. The van der Waals surface area contributed by atoms with Crippen molar-refractivity contribution in [3.05, 3.63) is 75.3 Å². The summed E-state index contributed by atoms with van der Waals surface area (Å²) in [6.45, 7) is 2.68. The van der Waals surface area contributed by atoms with Gasteiger partial charge in [-0.2, -0.15) is 0 Å². The number of likely N-dealkylation sites (tertiary alicyclic amines) is 1. The second-order valence-electron chi connectivity index (χ2n) is 6.69. The Labute approximate surface area is 152 Å². The van der Waals surface area contributed by atoms with E-state index in [1.165, 1.54) is 6.07 Å². The second kappa shape index (κ2) is 7.66. The minimum Gasteiger partial charge on any atom is -0.388 e. The first kappa shape index (κ1) is 18.1. The number of nitro groups is 1. The van der Waals surface area contributed by atoms with Crippen molar-refractivity contribution in [3.63, 3.8) is 0 Å². The average Bonchev–Trinajstić information content (AvgIpc) is 2.67. The zero-order valence-corrected chi connectivity index (χ0v) is 14.7. The maximum atomic E-state index is 12.8. The molecule has 1 unspecified atom stereocenters. The Kier molecular flexibility index (Phi) is 5.32. The molecular formula is C20H22N2O4. The Bertz CT molecular complexity index is 799. The van der Waals surface area contributed by atoms with Gasteiger partial charge in [0.2, 0.25) is 0 Å². The molecule has 0 bridgehead atoms. The summed E-state index contributed by atoms with van der Waals surface area (Å²) >= 11 is 0. The van der Waals surface area contributed by atoms with Crippen LogP contribution in [-0.2, 0) is 0 Å². The molecule has 0 saturated carbocycles. The molecular weight excluding hydrogens is 332 g/mol. The van der Waals surface area contributed by atoms with Crippen LogP contribution in [0.25, 0.3) is 0 Å². The molecule has 136 valence electrons. The molecule has 1 saturated heterocycles. The predicted octanol–water partition coefficient (Wildman–Crippen LogP) is 3.49. The fraction of sp³-hybridized carbons (Fsp3) is 0.350. The normalized spacial score (nSPS) is 16.3. The van der Waals surface area contributed by atoms with Gasteiger partial charge in [0, 0.05) is 30.3 Å². The third-order valence-corrected chi connectivity index (χ3v) is 5.15. The molecule has 2 aromatic carbocycles. The van der Waals surface area contributed by atoms with Crippen LogP contribution in [0.2, 0.25) is 0 Å². The number of piperidine rings is 1. The molecule has 1 amide bonds. The Morgan fingerprint density at radius 3 is 2.42 bits per heavy atom. The number of carbonyl (C=O) groups is 1. The molecule has 0 aromatic heterocycles. The minimum absolute atomic E-state index is 0.0368. The van der Waals surface area contributed by atoms with Gasteiger partial charge in [-0.1, -0.05) is 36.4 Å². The highest BCUT2D eigenvalue weighted by Crippen LogP contribution is 2.31. The number of rotatable bonds is 4. The van der Waals surface area contributed by atoms with Crippen LogP contribution in [0.15, 0.2) is 48.5 Å². The molecule has 1 aliphatic rings. The van der Waals surface area contributed by atoms with Crippen LogP contribution in [0.1, 0.15) is 40.4 Å². The Balaban J connectivity index is 1.68. The van der Waals surface area contributed by atoms with E-state index in [4.69, 9.17) is 0 Å². The molecule has 6 nitrogen and oxygen atoms in total. The second-order valence-corrected chi connectivity index (χ2v) is 6.69. The Morgan fingerprint density at radius 1 is 1.15 bits per heavy atom. The number of hydrogen-bond donors (Lipinski definition) is 1. The molecule has 26 heavy (non-hydrogen) atoms. The fourth-order valence-electron chi connectivity index (χ4n) is 3.56. The van der Waals surface area contributed by atoms with E-state index < -0.39 is 11.0 Å². The van der Waals surface area contributed by atoms with Crippen molar-refractivity contribution in [1.82, 2.24) is 4.90 Å². The summed E-state index contributed by atoms with van der Waals surface area (Å²) in [4.78, 5) is 25.1. The van der Waals surface area contributed by atoms with E-state index in [0.717, 1.165) is 5.56 Å². The predicted molar refractivity (Wildman–Crippen MR) is 97.9 cm³/mol. The fourth-order valence-corrected chi connectivity index (χ4v) is 3.56. The Hall–Kier alpha value is -2.73. The van der Waals surface area contributed by atoms with Crippen LogP contribution in [0.3, 0.4) is 0 Å². The average molecular weight is 354 g/mol. The first-order valence-electron chi connectivity index (χ1n) is 8.75. The van der Waals surface area contributed by atoms with Crippen LogP contribution < -0.4 is 0 Å². The van der Waals surface area contributed by atoms with Crippen molar-refractivity contribution in [2.75, 3.05) is 13.1 Å². The van der Waals surface area contributed by atoms with Gasteiger partial charge in [-0.05, 0) is 37.3 Å². The van der Waals surface area contributed by atoms with Gasteiger partial charge in [0.1, 0.15) is 0 Å². The zero-order chi connectivity index (χ0) is 18.7. The van der Waals surface area contributed by atoms with E-state index in [-0.39, 0.29) is 17.5 Å². The zero-order valence-electron chi connectivity index (χ0n) is 14.7. The smallest absolute Gasteiger partial charge is 0.273 e. The molecule has 1 fully saturated rings. The number of hydrogen-bond acceptors (Lipinski definition) is 4. The number of benzene rings is 2. The lowest BCUT2D eigenvalue weighted by Gasteiger charge is -2.34. The first-order chi connectivity index (χ1) is 12.5. The molecule has 1 N–H and O–H groups in total. The third kappa shape index (κ3) is 3.60. The molecule has 0 spiro atoms. The summed E-state index contributed by atoms with van der Waals surface area (Å²) in [6, 6.07) is 14.1. The van der Waals surface area contributed by atoms with E-state index in [1.54, 1.807) is 24.0 Å². The van der Waals surface area contributed by atoms with Crippen molar-refractivity contribution >= 4 is 11.6 Å². The molecule has 0 radical (unpaired) electrons. The highest BCUT2D eigenvalue weighted by Gasteiger charge is 2.30. The third-order valence-electron chi connectivity index (χ3n) is 5.15. The lowest BCUT2D eigenvalue weighted by molar-refractivity contribution is -0.385. The van der Waals surface area contributed by atoms with Crippen molar-refractivity contribution in [2.45, 2.75) is 25.9 Å². The van der Waals surface area contributed by atoms with Gasteiger partial charge >= 0.3 is 0 Å². The molecule has 2 aromatic rings. The number of aliphatic hydroxyl groups is 1. The number of carbonyl (C=O) groups excluding carboxylic acids is 1. The van der Waals surface area contributed by atoms with Gasteiger partial charge in [-0.25, -0.2) is 0 Å². The summed E-state index contributed by atoms with van der Waals surface area (Å²) in [5, 5.41) is 21.6. The van der Waals surface area contributed by atoms with Gasteiger partial charge in [-0.3, -0.25) is 14.9 Å². The van der Waals surface area contributed by atoms with Crippen molar-refractivity contribution in [2.24, 2.45) is 5.92 Å². The van der Waals surface area contributed by atoms with Gasteiger partial charge < -0.3 is 10.0 Å². The summed E-state index contributed by atoms with van der Waals surface area (Å²) in [5.74, 6) is -0.0773. The van der Waals surface area contributed by atoms with Crippen LogP contribution >= 0.6 is 0 Å². The lowest BCUT2D eigenvalue weighted by atomic mass is 9.87. The van der Waals surface area contributed by atoms with Gasteiger partial charge in [0.25, 0.3) is 11.6 Å². The van der Waals surface area contributed by atoms with E-state index in [1.807, 2.05) is 30.3 Å². The largest absolute Gasteiger partial charge is 0.388 e. The van der Waals surface area contributed by atoms with Crippen molar-refractivity contribution in [3.8, 4) is 0 Å². The topological polar surface area (TPSA) is 83.7 Å². The summed E-state index contributed by atoms with van der Waals surface area (Å²) in [5.41, 5.74) is 1.63. The van der Waals surface area contributed by atoms with Crippen molar-refractivity contribution < 1.29 is 14.8 Å². The quantitative estimate of drug-likeness (QED) is 0.673. The number of amides is 1. The maximum absolute atomic E-state index is 12.8. The van der Waals surface area contributed by atoms with E-state index in [2.05, 4.69) is 0 Å². The molecule has 3 rings (SSSR count). The number of aliphatic hydroxyl groups excluding tert-OH is 1. The van der Waals surface area contributed by atoms with Crippen LogP contribution in [0.4, 0.5) is 5.69 Å². The highest BCUT2D eigenvalue weighted by molar-refractivity contribution is 5.96. The Morgan fingerprint density at radius 2 is 1.81 bits per heavy atom. The van der Waals surface area contributed by atoms with Gasteiger partial charge in [-0.15, -0.1) is 0 Å². The molecule has 6 heteroatoms. The highest BCUT2D eigenvalue weighted by atomic mass is 16.6. The summed E-state index contributed by atoms with van der Waals surface area (Å²) < 4.78 is 0. The molecule has 1 aliphatic heterocycles. The van der Waals surface area contributed by atoms with Crippen LogP contribution in [0.5, 0.6) is 0 Å². The van der Waals surface area contributed by atoms with Crippen molar-refractivity contribution in [1.29, 1.82) is 0 Å². The standard InChI is InChI=1S/C20H22N2O4/c1-14-17(8-5-9-18(14)22(25)26)20(24)21-12-10-16(11-13-21)19(23)15-6-3-2-4-7-15/h2-9,16,19,23H,10-13H2,1H3. The minimum atomic E-state index is -0.534. The lowest BCUT2D eigenvalue weighted by Crippen LogP contribution is -2.40. The van der Waals surface area contributed by atoms with E-state index >= 15 is 0 Å². The SMILES string of the molecule is Cc1c(C(=O)N2CCC(C(O)c3ccccc3)CC2)cccc1[N+](=O)[O-]. The molecule has 1 heterocycles. The van der Waals surface area contributed by atoms with Crippen LogP contribution in [-0.4, -0.2) is 33.9 Å². The maximum Gasteiger partial charge on any atom is 0.273 e. The van der Waals surface area contributed by atoms with Gasteiger partial charge in [0.05, 0.1) is 11.0 Å². The number of nitro benzene ring substituents is 1. The van der Waals surface area contributed by atoms with E-state index in [9.17, 15) is 20.0 Å². The molecule has 0 aliphatic carbocycles. The van der Waals surface area contributed by atoms with Gasteiger partial charge in [0.15, 0.2) is 0 Å². The first-order valence-corrected chi connectivity index (χ1v) is 8.75. The van der Waals surface area contributed by atoms with E-state index in [0.29, 0.717) is 37.1 Å².